The van der Waals surface area contributed by atoms with Gasteiger partial charge in [0.25, 0.3) is 0 Å². The lowest BCUT2D eigenvalue weighted by Gasteiger charge is -2.08. The number of nitrogens with zero attached hydrogens (tertiary/aromatic N) is 3. The van der Waals surface area contributed by atoms with Crippen LogP contribution in [0.1, 0.15) is 11.1 Å². The van der Waals surface area contributed by atoms with Crippen LogP contribution < -0.4 is 5.32 Å². The maximum atomic E-state index is 12.1. The van der Waals surface area contributed by atoms with Gasteiger partial charge in [0.1, 0.15) is 11.1 Å². The number of nitrogens with one attached hydrogen (secondary N) is 1. The molecule has 2 aromatic heterocycles. The third kappa shape index (κ3) is 5.30. The lowest BCUT2D eigenvalue weighted by Crippen LogP contribution is -2.24. The molecule has 3 rings (SSSR count). The zero-order valence-corrected chi connectivity index (χ0v) is 15.8. The molecule has 0 spiro atoms. The fourth-order valence-electron chi connectivity index (χ4n) is 2.31. The molecule has 0 saturated heterocycles. The maximum Gasteiger partial charge on any atom is 0.230 e. The molecule has 0 saturated carbocycles. The number of carbonyl (C=O) groups excluding carboxylic acids is 1. The zero-order valence-electron chi connectivity index (χ0n) is 14.2. The Hall–Kier alpha value is -2.88. The number of hydrogen-bond donors (Lipinski definition) is 1. The van der Waals surface area contributed by atoms with Gasteiger partial charge < -0.3 is 5.32 Å². The molecule has 0 unspecified atom stereocenters. The number of thioether (sulfide) groups is 1. The Kier molecular flexibility index (Phi) is 6.42. The summed E-state index contributed by atoms with van der Waals surface area (Å²) in [5.41, 5.74) is 3.06. The Bertz CT molecular complexity index is 972. The molecule has 0 aliphatic carbocycles. The third-order valence-electron chi connectivity index (χ3n) is 3.70. The molecule has 1 N–H and O–H groups in total. The van der Waals surface area contributed by atoms with Crippen LogP contribution in [0, 0.1) is 11.3 Å². The van der Waals surface area contributed by atoms with Crippen LogP contribution in [0.25, 0.3) is 11.3 Å². The molecule has 3 aromatic rings. The number of rotatable bonds is 6. The normalized spacial score (nSPS) is 10.2. The number of nitriles is 1. The molecule has 0 atom stereocenters. The van der Waals surface area contributed by atoms with Crippen molar-refractivity contribution >= 4 is 29.3 Å². The Morgan fingerprint density at radius 3 is 2.56 bits per heavy atom. The van der Waals surface area contributed by atoms with Gasteiger partial charge >= 0.3 is 0 Å². The van der Waals surface area contributed by atoms with Crippen molar-refractivity contribution in [1.29, 1.82) is 5.26 Å². The zero-order chi connectivity index (χ0) is 19.1. The van der Waals surface area contributed by atoms with Crippen molar-refractivity contribution in [2.24, 2.45) is 0 Å². The molecular formula is C20H15ClN4OS. The summed E-state index contributed by atoms with van der Waals surface area (Å²) >= 11 is 7.09. The molecule has 134 valence electrons. The van der Waals surface area contributed by atoms with Gasteiger partial charge in [-0.2, -0.15) is 5.26 Å². The number of aromatic nitrogens is 2. The van der Waals surface area contributed by atoms with Crippen LogP contribution >= 0.6 is 23.4 Å². The van der Waals surface area contributed by atoms with Crippen LogP contribution in [0.5, 0.6) is 0 Å². The van der Waals surface area contributed by atoms with Gasteiger partial charge in [0, 0.05) is 29.5 Å². The number of hydrogen-bond acceptors (Lipinski definition) is 5. The van der Waals surface area contributed by atoms with E-state index >= 15 is 0 Å². The summed E-state index contributed by atoms with van der Waals surface area (Å²) in [6, 6.07) is 16.6. The van der Waals surface area contributed by atoms with Crippen molar-refractivity contribution in [1.82, 2.24) is 15.3 Å². The number of halogens is 1. The Balaban J connectivity index is 1.63. The van der Waals surface area contributed by atoms with E-state index in [1.165, 1.54) is 11.8 Å². The molecule has 7 heteroatoms. The van der Waals surface area contributed by atoms with Crippen molar-refractivity contribution in [3.63, 3.8) is 0 Å². The van der Waals surface area contributed by atoms with Crippen LogP contribution in [0.3, 0.4) is 0 Å². The number of carbonyl (C=O) groups is 1. The maximum absolute atomic E-state index is 12.1. The van der Waals surface area contributed by atoms with Crippen molar-refractivity contribution in [2.45, 2.75) is 11.6 Å². The number of amides is 1. The van der Waals surface area contributed by atoms with Gasteiger partial charge in [-0.15, -0.1) is 0 Å². The molecular weight excluding hydrogens is 380 g/mol. The van der Waals surface area contributed by atoms with Crippen LogP contribution in [-0.2, 0) is 11.3 Å². The van der Waals surface area contributed by atoms with Gasteiger partial charge in [-0.1, -0.05) is 35.5 Å². The highest BCUT2D eigenvalue weighted by Crippen LogP contribution is 2.24. The van der Waals surface area contributed by atoms with E-state index in [1.807, 2.05) is 24.3 Å². The second-order valence-electron chi connectivity index (χ2n) is 5.59. The standard InChI is InChI=1S/C20H15ClN4OS/c21-17-4-1-14(2-5-17)12-24-19(26)13-27-20-16(11-22)3-6-18(25-20)15-7-9-23-10-8-15/h1-10H,12-13H2,(H,24,26). The van der Waals surface area contributed by atoms with Crippen LogP contribution in [0.4, 0.5) is 0 Å². The highest BCUT2D eigenvalue weighted by molar-refractivity contribution is 8.00. The van der Waals surface area contributed by atoms with Crippen LogP contribution in [-0.4, -0.2) is 21.6 Å². The second kappa shape index (κ2) is 9.17. The molecule has 0 fully saturated rings. The van der Waals surface area contributed by atoms with E-state index in [2.05, 4.69) is 21.4 Å². The molecule has 0 bridgehead atoms. The average molecular weight is 395 g/mol. The molecule has 0 radical (unpaired) electrons. The van der Waals surface area contributed by atoms with Gasteiger partial charge in [0.2, 0.25) is 5.91 Å². The fourth-order valence-corrected chi connectivity index (χ4v) is 3.23. The van der Waals surface area contributed by atoms with E-state index in [4.69, 9.17) is 11.6 Å². The topological polar surface area (TPSA) is 78.7 Å². The van der Waals surface area contributed by atoms with Gasteiger partial charge in [-0.25, -0.2) is 4.98 Å². The summed E-state index contributed by atoms with van der Waals surface area (Å²) in [7, 11) is 0. The third-order valence-corrected chi connectivity index (χ3v) is 4.94. The van der Waals surface area contributed by atoms with Crippen molar-refractivity contribution in [3.8, 4) is 17.3 Å². The number of pyridine rings is 2. The molecule has 27 heavy (non-hydrogen) atoms. The lowest BCUT2D eigenvalue weighted by atomic mass is 10.1. The van der Waals surface area contributed by atoms with Gasteiger partial charge in [0.05, 0.1) is 17.0 Å². The first-order valence-electron chi connectivity index (χ1n) is 8.11. The first kappa shape index (κ1) is 18.9. The summed E-state index contributed by atoms with van der Waals surface area (Å²) in [5.74, 6) is 0.0460. The first-order valence-corrected chi connectivity index (χ1v) is 9.47. The van der Waals surface area contributed by atoms with Gasteiger partial charge in [-0.05, 0) is 42.0 Å². The van der Waals surface area contributed by atoms with E-state index in [9.17, 15) is 10.1 Å². The predicted octanol–water partition coefficient (Wildman–Crippen LogP) is 4.08. The Labute approximate surface area is 166 Å². The van der Waals surface area contributed by atoms with E-state index < -0.39 is 0 Å². The highest BCUT2D eigenvalue weighted by Gasteiger charge is 2.10. The molecule has 5 nitrogen and oxygen atoms in total. The first-order chi connectivity index (χ1) is 13.2. The van der Waals surface area contributed by atoms with E-state index in [0.717, 1.165) is 16.8 Å². The molecule has 1 amide bonds. The van der Waals surface area contributed by atoms with E-state index in [1.54, 1.807) is 36.7 Å². The summed E-state index contributed by atoms with van der Waals surface area (Å²) in [6.45, 7) is 0.423. The van der Waals surface area contributed by atoms with Crippen LogP contribution in [0.2, 0.25) is 5.02 Å². The fraction of sp³-hybridized carbons (Fsp3) is 0.100. The second-order valence-corrected chi connectivity index (χ2v) is 6.99. The van der Waals surface area contributed by atoms with E-state index in [0.29, 0.717) is 22.2 Å². The smallest absolute Gasteiger partial charge is 0.230 e. The predicted molar refractivity (Wildman–Crippen MR) is 106 cm³/mol. The number of benzene rings is 1. The molecule has 0 aliphatic rings. The van der Waals surface area contributed by atoms with Crippen LogP contribution in [0.15, 0.2) is 66.0 Å². The molecule has 0 aliphatic heterocycles. The van der Waals surface area contributed by atoms with Crippen molar-refractivity contribution in [2.75, 3.05) is 5.75 Å². The quantitative estimate of drug-likeness (QED) is 0.637. The minimum absolute atomic E-state index is 0.130. The summed E-state index contributed by atoms with van der Waals surface area (Å²) in [4.78, 5) is 20.7. The molecule has 1 aromatic carbocycles. The monoisotopic (exact) mass is 394 g/mol. The lowest BCUT2D eigenvalue weighted by molar-refractivity contribution is -0.118. The van der Waals surface area contributed by atoms with Crippen molar-refractivity contribution in [3.05, 3.63) is 77.1 Å². The van der Waals surface area contributed by atoms with Gasteiger partial charge in [-0.3, -0.25) is 9.78 Å². The SMILES string of the molecule is N#Cc1ccc(-c2ccncc2)nc1SCC(=O)NCc1ccc(Cl)cc1. The minimum Gasteiger partial charge on any atom is -0.351 e. The largest absolute Gasteiger partial charge is 0.351 e. The van der Waals surface area contributed by atoms with Crippen molar-refractivity contribution < 1.29 is 4.79 Å². The average Bonchev–Trinajstić information content (AvgIpc) is 2.72. The van der Waals surface area contributed by atoms with Gasteiger partial charge in [0.15, 0.2) is 0 Å². The molecule has 2 heterocycles. The highest BCUT2D eigenvalue weighted by atomic mass is 35.5. The van der Waals surface area contributed by atoms with E-state index in [-0.39, 0.29) is 11.7 Å². The summed E-state index contributed by atoms with van der Waals surface area (Å²) < 4.78 is 0. The Morgan fingerprint density at radius 2 is 1.85 bits per heavy atom. The Morgan fingerprint density at radius 1 is 1.11 bits per heavy atom. The minimum atomic E-state index is -0.130. The summed E-state index contributed by atoms with van der Waals surface area (Å²) in [6.07, 6.45) is 3.37. The summed E-state index contributed by atoms with van der Waals surface area (Å²) in [5, 5.41) is 13.3.